The normalized spacial score (nSPS) is 21.7. The van der Waals surface area contributed by atoms with E-state index in [4.69, 9.17) is 0 Å². The van der Waals surface area contributed by atoms with E-state index >= 15 is 0 Å². The van der Waals surface area contributed by atoms with E-state index in [1.165, 1.54) is 12.1 Å². The number of hydrogen-bond acceptors (Lipinski definition) is 2. The van der Waals surface area contributed by atoms with Crippen LogP contribution in [0.2, 0.25) is 0 Å². The Hall–Kier alpha value is -2.25. The largest absolute Gasteiger partial charge is 0.416 e. The molecule has 1 aromatic carbocycles. The van der Waals surface area contributed by atoms with Gasteiger partial charge in [0.2, 0.25) is 0 Å². The maximum Gasteiger partial charge on any atom is 0.416 e. The van der Waals surface area contributed by atoms with Crippen LogP contribution in [0.25, 0.3) is 0 Å². The van der Waals surface area contributed by atoms with Crippen molar-refractivity contribution >= 4 is 11.9 Å². The molecule has 2 heterocycles. The maximum atomic E-state index is 12.6. The molecule has 0 aliphatic carbocycles. The highest BCUT2D eigenvalue weighted by Crippen LogP contribution is 2.29. The van der Waals surface area contributed by atoms with Crippen LogP contribution < -0.4 is 0 Å². The number of halogens is 3. The molecule has 0 spiro atoms. The van der Waals surface area contributed by atoms with Gasteiger partial charge in [-0.25, -0.2) is 4.79 Å². The summed E-state index contributed by atoms with van der Waals surface area (Å²) in [6.07, 6.45) is -4.41. The quantitative estimate of drug-likeness (QED) is 0.791. The van der Waals surface area contributed by atoms with Crippen LogP contribution in [0.4, 0.5) is 18.0 Å². The Morgan fingerprint density at radius 3 is 2.39 bits per heavy atom. The van der Waals surface area contributed by atoms with Crippen LogP contribution in [0.15, 0.2) is 24.3 Å². The van der Waals surface area contributed by atoms with Crippen molar-refractivity contribution in [2.24, 2.45) is 0 Å². The van der Waals surface area contributed by atoms with Crippen molar-refractivity contribution in [1.29, 1.82) is 0 Å². The SMILES string of the molecule is CN1C[C@H]2CN(C(=O)c3ccc(C(F)(F)F)cc3)CCN2C1=O. The zero-order chi connectivity index (χ0) is 16.8. The number of amides is 3. The molecule has 1 aromatic rings. The van der Waals surface area contributed by atoms with Gasteiger partial charge in [0.1, 0.15) is 0 Å². The maximum absolute atomic E-state index is 12.6. The number of piperazine rings is 1. The minimum atomic E-state index is -4.41. The molecule has 8 heteroatoms. The van der Waals surface area contributed by atoms with Gasteiger partial charge in [-0.3, -0.25) is 4.79 Å². The fraction of sp³-hybridized carbons (Fsp3) is 0.467. The predicted molar refractivity (Wildman–Crippen MR) is 75.9 cm³/mol. The Kier molecular flexibility index (Phi) is 3.69. The number of nitrogens with zero attached hydrogens (tertiary/aromatic N) is 3. The first-order valence-corrected chi connectivity index (χ1v) is 7.25. The Labute approximate surface area is 131 Å². The molecule has 0 N–H and O–H groups in total. The zero-order valence-electron chi connectivity index (χ0n) is 12.5. The van der Waals surface area contributed by atoms with E-state index in [0.29, 0.717) is 26.2 Å². The Balaban J connectivity index is 1.71. The summed E-state index contributed by atoms with van der Waals surface area (Å²) in [6, 6.07) is 4.12. The lowest BCUT2D eigenvalue weighted by atomic mass is 10.1. The van der Waals surface area contributed by atoms with Crippen molar-refractivity contribution in [3.8, 4) is 0 Å². The Morgan fingerprint density at radius 2 is 1.78 bits per heavy atom. The van der Waals surface area contributed by atoms with Gasteiger partial charge < -0.3 is 14.7 Å². The molecular weight excluding hydrogens is 311 g/mol. The summed E-state index contributed by atoms with van der Waals surface area (Å²) in [5.41, 5.74) is -0.550. The third-order valence-electron chi connectivity index (χ3n) is 4.29. The summed E-state index contributed by atoms with van der Waals surface area (Å²) in [4.78, 5) is 29.2. The van der Waals surface area contributed by atoms with E-state index in [-0.39, 0.29) is 23.5 Å². The molecular formula is C15H16F3N3O2. The molecule has 5 nitrogen and oxygen atoms in total. The molecule has 1 atom stereocenters. The van der Waals surface area contributed by atoms with Crippen molar-refractivity contribution in [1.82, 2.24) is 14.7 Å². The van der Waals surface area contributed by atoms with Gasteiger partial charge in [-0.05, 0) is 24.3 Å². The third-order valence-corrected chi connectivity index (χ3v) is 4.29. The van der Waals surface area contributed by atoms with Crippen LogP contribution in [0.5, 0.6) is 0 Å². The van der Waals surface area contributed by atoms with Gasteiger partial charge in [0.25, 0.3) is 5.91 Å². The fourth-order valence-corrected chi connectivity index (χ4v) is 3.05. The predicted octanol–water partition coefficient (Wildman–Crippen LogP) is 1.90. The van der Waals surface area contributed by atoms with E-state index < -0.39 is 11.7 Å². The average Bonchev–Trinajstić information content (AvgIpc) is 2.80. The number of urea groups is 1. The van der Waals surface area contributed by atoms with Crippen LogP contribution in [0, 0.1) is 0 Å². The van der Waals surface area contributed by atoms with Crippen LogP contribution >= 0.6 is 0 Å². The van der Waals surface area contributed by atoms with Gasteiger partial charge in [0.05, 0.1) is 11.6 Å². The van der Waals surface area contributed by atoms with Gasteiger partial charge in [0.15, 0.2) is 0 Å². The lowest BCUT2D eigenvalue weighted by Crippen LogP contribution is -2.53. The molecule has 3 amide bonds. The van der Waals surface area contributed by atoms with Crippen molar-refractivity contribution < 1.29 is 22.8 Å². The smallest absolute Gasteiger partial charge is 0.335 e. The van der Waals surface area contributed by atoms with E-state index in [2.05, 4.69) is 0 Å². The van der Waals surface area contributed by atoms with Crippen LogP contribution in [0.1, 0.15) is 15.9 Å². The van der Waals surface area contributed by atoms with Crippen LogP contribution in [-0.4, -0.2) is 65.9 Å². The molecule has 0 bridgehead atoms. The summed E-state index contributed by atoms with van der Waals surface area (Å²) in [5, 5.41) is 0. The molecule has 124 valence electrons. The molecule has 2 saturated heterocycles. The molecule has 2 aliphatic heterocycles. The Morgan fingerprint density at radius 1 is 1.13 bits per heavy atom. The first-order chi connectivity index (χ1) is 10.8. The van der Waals surface area contributed by atoms with E-state index in [1.54, 1.807) is 21.7 Å². The van der Waals surface area contributed by atoms with E-state index in [9.17, 15) is 22.8 Å². The minimum Gasteiger partial charge on any atom is -0.335 e. The number of hydrogen-bond donors (Lipinski definition) is 0. The first-order valence-electron chi connectivity index (χ1n) is 7.25. The van der Waals surface area contributed by atoms with E-state index in [1.807, 2.05) is 0 Å². The first kappa shape index (κ1) is 15.6. The molecule has 0 unspecified atom stereocenters. The molecule has 2 fully saturated rings. The Bertz CT molecular complexity index is 630. The monoisotopic (exact) mass is 327 g/mol. The standard InChI is InChI=1S/C15H16F3N3O2/c1-19-8-12-9-20(6-7-21(12)14(19)23)13(22)10-2-4-11(5-3-10)15(16,17)18/h2-5,12H,6-9H2,1H3/t12-/m0/s1. The number of carbonyl (C=O) groups is 2. The zero-order valence-corrected chi connectivity index (χ0v) is 12.5. The lowest BCUT2D eigenvalue weighted by Gasteiger charge is -2.36. The highest BCUT2D eigenvalue weighted by Gasteiger charge is 2.40. The summed E-state index contributed by atoms with van der Waals surface area (Å²) in [6.45, 7) is 1.78. The molecule has 0 aromatic heterocycles. The van der Waals surface area contributed by atoms with Crippen molar-refractivity contribution in [3.05, 3.63) is 35.4 Å². The van der Waals surface area contributed by atoms with Crippen LogP contribution in [0.3, 0.4) is 0 Å². The summed E-state index contributed by atoms with van der Waals surface area (Å²) < 4.78 is 37.7. The number of fused-ring (bicyclic) bond motifs is 1. The van der Waals surface area contributed by atoms with Crippen molar-refractivity contribution in [2.75, 3.05) is 33.2 Å². The van der Waals surface area contributed by atoms with Crippen molar-refractivity contribution in [2.45, 2.75) is 12.2 Å². The van der Waals surface area contributed by atoms with Gasteiger partial charge in [-0.2, -0.15) is 13.2 Å². The second-order valence-electron chi connectivity index (χ2n) is 5.84. The van der Waals surface area contributed by atoms with Gasteiger partial charge in [-0.15, -0.1) is 0 Å². The van der Waals surface area contributed by atoms with Gasteiger partial charge in [0, 0.05) is 38.8 Å². The molecule has 0 radical (unpaired) electrons. The molecule has 2 aliphatic rings. The minimum absolute atomic E-state index is 0.0448. The molecule has 23 heavy (non-hydrogen) atoms. The highest BCUT2D eigenvalue weighted by molar-refractivity contribution is 5.94. The van der Waals surface area contributed by atoms with E-state index in [0.717, 1.165) is 12.1 Å². The number of benzene rings is 1. The number of carbonyl (C=O) groups excluding carboxylic acids is 2. The molecule has 3 rings (SSSR count). The number of likely N-dealkylation sites (N-methyl/N-ethyl adjacent to an activating group) is 1. The summed E-state index contributed by atoms with van der Waals surface area (Å²) in [7, 11) is 1.71. The topological polar surface area (TPSA) is 43.9 Å². The summed E-state index contributed by atoms with van der Waals surface area (Å²) >= 11 is 0. The average molecular weight is 327 g/mol. The van der Waals surface area contributed by atoms with Gasteiger partial charge in [-0.1, -0.05) is 0 Å². The number of alkyl halides is 3. The van der Waals surface area contributed by atoms with Crippen molar-refractivity contribution in [3.63, 3.8) is 0 Å². The fourth-order valence-electron chi connectivity index (χ4n) is 3.05. The third kappa shape index (κ3) is 2.85. The second-order valence-corrected chi connectivity index (χ2v) is 5.84. The summed E-state index contributed by atoms with van der Waals surface area (Å²) in [5.74, 6) is -0.305. The second kappa shape index (κ2) is 5.43. The molecule has 0 saturated carbocycles. The van der Waals surface area contributed by atoms with Crippen LogP contribution in [-0.2, 0) is 6.18 Å². The van der Waals surface area contributed by atoms with Gasteiger partial charge >= 0.3 is 12.2 Å². The lowest BCUT2D eigenvalue weighted by molar-refractivity contribution is -0.137. The highest BCUT2D eigenvalue weighted by atomic mass is 19.4. The number of rotatable bonds is 1.